The highest BCUT2D eigenvalue weighted by atomic mass is 16.2. The van der Waals surface area contributed by atoms with E-state index in [4.69, 9.17) is 0 Å². The molecular weight excluding hydrogens is 406 g/mol. The number of para-hydroxylation sites is 1. The number of anilines is 1. The Hall–Kier alpha value is -3.79. The summed E-state index contributed by atoms with van der Waals surface area (Å²) >= 11 is 0. The second kappa shape index (κ2) is 10.2. The normalized spacial score (nSPS) is 10.8. The predicted molar refractivity (Wildman–Crippen MR) is 135 cm³/mol. The molecule has 1 aromatic heterocycles. The van der Waals surface area contributed by atoms with Gasteiger partial charge in [0.25, 0.3) is 0 Å². The molecule has 4 heteroatoms. The number of hydrogen-bond donors (Lipinski definition) is 1. The lowest BCUT2D eigenvalue weighted by molar-refractivity contribution is 0.205. The average molecular weight is 438 g/mol. The molecule has 4 aromatic rings. The van der Waals surface area contributed by atoms with Gasteiger partial charge in [-0.15, -0.1) is 0 Å². The molecule has 2 amide bonds. The third-order valence-electron chi connectivity index (χ3n) is 6.09. The van der Waals surface area contributed by atoms with E-state index in [9.17, 15) is 4.79 Å². The van der Waals surface area contributed by atoms with Crippen LogP contribution in [-0.4, -0.2) is 15.5 Å². The summed E-state index contributed by atoms with van der Waals surface area (Å²) in [6, 6.07) is 28.7. The summed E-state index contributed by atoms with van der Waals surface area (Å²) in [5.74, 6) is 0. The van der Waals surface area contributed by atoms with Crippen LogP contribution in [0.15, 0.2) is 91.1 Å². The van der Waals surface area contributed by atoms with Gasteiger partial charge in [0.2, 0.25) is 0 Å². The van der Waals surface area contributed by atoms with Crippen LogP contribution in [0.2, 0.25) is 0 Å². The van der Waals surface area contributed by atoms with Crippen LogP contribution in [0.25, 0.3) is 0 Å². The summed E-state index contributed by atoms with van der Waals surface area (Å²) in [6.45, 7) is 8.03. The Balaban J connectivity index is 1.59. The summed E-state index contributed by atoms with van der Waals surface area (Å²) in [5.41, 5.74) is 7.76. The molecule has 4 nitrogen and oxygen atoms in total. The third-order valence-corrected chi connectivity index (χ3v) is 6.09. The van der Waals surface area contributed by atoms with Crippen molar-refractivity contribution in [3.63, 3.8) is 0 Å². The first kappa shape index (κ1) is 22.4. The highest BCUT2D eigenvalue weighted by molar-refractivity contribution is 5.91. The molecule has 33 heavy (non-hydrogen) atoms. The monoisotopic (exact) mass is 437 g/mol. The van der Waals surface area contributed by atoms with Crippen molar-refractivity contribution >= 4 is 11.7 Å². The van der Waals surface area contributed by atoms with Crippen molar-refractivity contribution in [2.24, 2.45) is 0 Å². The van der Waals surface area contributed by atoms with Crippen molar-refractivity contribution in [3.8, 4) is 0 Å². The van der Waals surface area contributed by atoms with E-state index in [1.54, 1.807) is 0 Å². The largest absolute Gasteiger partial charge is 0.345 e. The number of nitrogens with one attached hydrogen (secondary N) is 1. The number of rotatable bonds is 7. The van der Waals surface area contributed by atoms with E-state index in [0.29, 0.717) is 13.1 Å². The molecule has 0 aliphatic carbocycles. The van der Waals surface area contributed by atoms with E-state index in [1.807, 2.05) is 55.1 Å². The van der Waals surface area contributed by atoms with E-state index in [2.05, 4.69) is 71.5 Å². The maximum atomic E-state index is 13.5. The highest BCUT2D eigenvalue weighted by Gasteiger charge is 2.18. The first-order chi connectivity index (χ1) is 16.0. The molecule has 3 aromatic carbocycles. The molecule has 0 saturated carbocycles. The average Bonchev–Trinajstić information content (AvgIpc) is 3.24. The Labute approximate surface area is 196 Å². The van der Waals surface area contributed by atoms with Crippen LogP contribution in [0.5, 0.6) is 0 Å². The van der Waals surface area contributed by atoms with Crippen molar-refractivity contribution in [3.05, 3.63) is 125 Å². The minimum absolute atomic E-state index is 0.0973. The quantitative estimate of drug-likeness (QED) is 0.343. The standard InChI is InChI=1S/C29H31N3O/c1-22-11-7-8-16-26(22)20-31-18-10-17-27(31)21-32(19-25-14-5-4-6-15-25)29(33)30-28-23(2)12-9-13-24(28)3/h4-18H,19-21H2,1-3H3,(H,30,33). The van der Waals surface area contributed by atoms with Gasteiger partial charge in [0, 0.05) is 30.7 Å². The fourth-order valence-electron chi connectivity index (χ4n) is 4.11. The first-order valence-electron chi connectivity index (χ1n) is 11.4. The zero-order chi connectivity index (χ0) is 23.2. The molecule has 0 aliphatic heterocycles. The Morgan fingerprint density at radius 1 is 0.758 bits per heavy atom. The van der Waals surface area contributed by atoms with Crippen molar-refractivity contribution in [1.29, 1.82) is 0 Å². The Morgan fingerprint density at radius 3 is 2.15 bits per heavy atom. The fraction of sp³-hybridized carbons (Fsp3) is 0.207. The molecule has 0 unspecified atom stereocenters. The van der Waals surface area contributed by atoms with Crippen LogP contribution < -0.4 is 5.32 Å². The highest BCUT2D eigenvalue weighted by Crippen LogP contribution is 2.21. The molecule has 0 aliphatic rings. The van der Waals surface area contributed by atoms with E-state index in [0.717, 1.165) is 34.6 Å². The van der Waals surface area contributed by atoms with E-state index in [-0.39, 0.29) is 6.03 Å². The van der Waals surface area contributed by atoms with Crippen molar-refractivity contribution in [2.75, 3.05) is 5.32 Å². The summed E-state index contributed by atoms with van der Waals surface area (Å²) in [4.78, 5) is 15.4. The SMILES string of the molecule is Cc1ccccc1Cn1cccc1CN(Cc1ccccc1)C(=O)Nc1c(C)cccc1C. The number of amides is 2. The Kier molecular flexibility index (Phi) is 6.94. The molecule has 0 atom stereocenters. The number of aryl methyl sites for hydroxylation is 3. The second-order valence-corrected chi connectivity index (χ2v) is 8.59. The molecule has 4 rings (SSSR count). The molecular formula is C29H31N3O. The smallest absolute Gasteiger partial charge is 0.322 e. The summed E-state index contributed by atoms with van der Waals surface area (Å²) < 4.78 is 2.23. The van der Waals surface area contributed by atoms with Gasteiger partial charge in [-0.1, -0.05) is 72.8 Å². The van der Waals surface area contributed by atoms with Crippen LogP contribution in [0.1, 0.15) is 33.5 Å². The number of nitrogens with zero attached hydrogens (tertiary/aromatic N) is 2. The van der Waals surface area contributed by atoms with E-state index in [1.165, 1.54) is 11.1 Å². The molecule has 0 spiro atoms. The first-order valence-corrected chi connectivity index (χ1v) is 11.4. The molecule has 1 heterocycles. The lowest BCUT2D eigenvalue weighted by Crippen LogP contribution is -2.35. The minimum atomic E-state index is -0.0973. The maximum absolute atomic E-state index is 13.5. The molecule has 0 saturated heterocycles. The Bertz CT molecular complexity index is 1210. The number of carbonyl (C=O) groups excluding carboxylic acids is 1. The lowest BCUT2D eigenvalue weighted by atomic mass is 10.1. The van der Waals surface area contributed by atoms with Crippen LogP contribution in [0.3, 0.4) is 0 Å². The number of benzene rings is 3. The van der Waals surface area contributed by atoms with Gasteiger partial charge in [-0.05, 0) is 60.7 Å². The van der Waals surface area contributed by atoms with Gasteiger partial charge < -0.3 is 14.8 Å². The van der Waals surface area contributed by atoms with Gasteiger partial charge in [-0.3, -0.25) is 0 Å². The zero-order valence-corrected chi connectivity index (χ0v) is 19.6. The van der Waals surface area contributed by atoms with E-state index < -0.39 is 0 Å². The van der Waals surface area contributed by atoms with Crippen LogP contribution in [-0.2, 0) is 19.6 Å². The van der Waals surface area contributed by atoms with Gasteiger partial charge in [-0.25, -0.2) is 4.79 Å². The van der Waals surface area contributed by atoms with Gasteiger partial charge in [0.05, 0.1) is 6.54 Å². The predicted octanol–water partition coefficient (Wildman–Crippen LogP) is 6.70. The molecule has 0 bridgehead atoms. The number of hydrogen-bond acceptors (Lipinski definition) is 1. The van der Waals surface area contributed by atoms with Crippen LogP contribution in [0.4, 0.5) is 10.5 Å². The fourth-order valence-corrected chi connectivity index (χ4v) is 4.11. The van der Waals surface area contributed by atoms with Gasteiger partial charge in [-0.2, -0.15) is 0 Å². The van der Waals surface area contributed by atoms with Gasteiger partial charge >= 0.3 is 6.03 Å². The maximum Gasteiger partial charge on any atom is 0.322 e. The topological polar surface area (TPSA) is 37.3 Å². The summed E-state index contributed by atoms with van der Waals surface area (Å²) in [6.07, 6.45) is 2.09. The second-order valence-electron chi connectivity index (χ2n) is 8.59. The molecule has 0 radical (unpaired) electrons. The summed E-state index contributed by atoms with van der Waals surface area (Å²) in [5, 5.41) is 3.17. The van der Waals surface area contributed by atoms with Gasteiger partial charge in [0.1, 0.15) is 0 Å². The zero-order valence-electron chi connectivity index (χ0n) is 19.6. The molecule has 168 valence electrons. The third kappa shape index (κ3) is 5.53. The number of carbonyl (C=O) groups is 1. The lowest BCUT2D eigenvalue weighted by Gasteiger charge is -2.25. The summed E-state index contributed by atoms with van der Waals surface area (Å²) in [7, 11) is 0. The van der Waals surface area contributed by atoms with E-state index >= 15 is 0 Å². The number of aromatic nitrogens is 1. The van der Waals surface area contributed by atoms with Crippen molar-refractivity contribution < 1.29 is 4.79 Å². The van der Waals surface area contributed by atoms with Gasteiger partial charge in [0.15, 0.2) is 0 Å². The van der Waals surface area contributed by atoms with Crippen LogP contribution >= 0.6 is 0 Å². The van der Waals surface area contributed by atoms with Crippen molar-refractivity contribution in [1.82, 2.24) is 9.47 Å². The molecule has 1 N–H and O–H groups in total. The number of urea groups is 1. The molecule has 0 fully saturated rings. The van der Waals surface area contributed by atoms with Crippen molar-refractivity contribution in [2.45, 2.75) is 40.4 Å². The van der Waals surface area contributed by atoms with Crippen LogP contribution in [0, 0.1) is 20.8 Å². The Morgan fingerprint density at radius 2 is 1.42 bits per heavy atom. The minimum Gasteiger partial charge on any atom is -0.345 e.